The first-order chi connectivity index (χ1) is 6.93. The van der Waals surface area contributed by atoms with Gasteiger partial charge in [0.1, 0.15) is 5.78 Å². The molecule has 0 fully saturated rings. The fourth-order valence-corrected chi connectivity index (χ4v) is 1.41. The summed E-state index contributed by atoms with van der Waals surface area (Å²) in [7, 11) is 0. The van der Waals surface area contributed by atoms with Crippen LogP contribution in [-0.2, 0) is 17.6 Å². The van der Waals surface area contributed by atoms with Crippen LogP contribution in [0.15, 0.2) is 24.3 Å². The van der Waals surface area contributed by atoms with Crippen LogP contribution in [0.25, 0.3) is 0 Å². The largest absolute Gasteiger partial charge is 0.299 e. The van der Waals surface area contributed by atoms with E-state index in [9.17, 15) is 4.79 Å². The van der Waals surface area contributed by atoms with E-state index in [0.717, 1.165) is 12.0 Å². The van der Waals surface area contributed by atoms with Crippen LogP contribution in [0, 0.1) is 5.41 Å². The molecule has 1 aromatic rings. The number of hydrogen-bond acceptors (Lipinski definition) is 1. The first-order valence-corrected chi connectivity index (χ1v) is 5.54. The van der Waals surface area contributed by atoms with Gasteiger partial charge in [0.2, 0.25) is 0 Å². The van der Waals surface area contributed by atoms with Crippen LogP contribution in [-0.4, -0.2) is 5.78 Å². The molecule has 0 saturated heterocycles. The Morgan fingerprint density at radius 2 is 1.80 bits per heavy atom. The molecule has 0 aliphatic rings. The molecule has 0 aliphatic heterocycles. The summed E-state index contributed by atoms with van der Waals surface area (Å²) < 4.78 is 0. The van der Waals surface area contributed by atoms with Crippen molar-refractivity contribution in [1.29, 1.82) is 0 Å². The second kappa shape index (κ2) is 4.61. The van der Waals surface area contributed by atoms with Crippen molar-refractivity contribution in [2.75, 3.05) is 0 Å². The number of rotatable bonds is 3. The van der Waals surface area contributed by atoms with Gasteiger partial charge < -0.3 is 0 Å². The van der Waals surface area contributed by atoms with Gasteiger partial charge in [0.05, 0.1) is 0 Å². The molecule has 0 bridgehead atoms. The Morgan fingerprint density at radius 3 is 2.33 bits per heavy atom. The summed E-state index contributed by atoms with van der Waals surface area (Å²) in [6.45, 7) is 8.04. The third kappa shape index (κ3) is 3.50. The maximum atomic E-state index is 11.8. The van der Waals surface area contributed by atoms with Crippen molar-refractivity contribution >= 4 is 5.78 Å². The number of ketones is 1. The average molecular weight is 204 g/mol. The van der Waals surface area contributed by atoms with Gasteiger partial charge in [0.15, 0.2) is 0 Å². The first kappa shape index (κ1) is 12.0. The zero-order valence-corrected chi connectivity index (χ0v) is 10.1. The smallest absolute Gasteiger partial charge is 0.142 e. The zero-order chi connectivity index (χ0) is 11.5. The maximum absolute atomic E-state index is 11.8. The molecular weight excluding hydrogens is 184 g/mol. The topological polar surface area (TPSA) is 17.1 Å². The molecule has 0 N–H and O–H groups in total. The molecule has 0 unspecified atom stereocenters. The second-order valence-corrected chi connectivity index (χ2v) is 5.02. The molecule has 1 rings (SSSR count). The monoisotopic (exact) mass is 204 g/mol. The van der Waals surface area contributed by atoms with E-state index < -0.39 is 0 Å². The molecule has 1 nitrogen and oxygen atoms in total. The Morgan fingerprint density at radius 1 is 1.20 bits per heavy atom. The average Bonchev–Trinajstić information content (AvgIpc) is 2.16. The van der Waals surface area contributed by atoms with Crippen molar-refractivity contribution in [2.24, 2.45) is 5.41 Å². The van der Waals surface area contributed by atoms with Gasteiger partial charge in [0.25, 0.3) is 0 Å². The third-order valence-electron chi connectivity index (χ3n) is 2.60. The van der Waals surface area contributed by atoms with Crippen LogP contribution >= 0.6 is 0 Å². The predicted octanol–water partition coefficient (Wildman–Crippen LogP) is 3.41. The molecule has 0 atom stereocenters. The van der Waals surface area contributed by atoms with Gasteiger partial charge in [-0.1, -0.05) is 52.0 Å². The minimum Gasteiger partial charge on any atom is -0.299 e. The van der Waals surface area contributed by atoms with Gasteiger partial charge in [-0.3, -0.25) is 4.79 Å². The van der Waals surface area contributed by atoms with Gasteiger partial charge in [-0.25, -0.2) is 0 Å². The second-order valence-electron chi connectivity index (χ2n) is 5.02. The van der Waals surface area contributed by atoms with Crippen molar-refractivity contribution < 1.29 is 4.79 Å². The highest BCUT2D eigenvalue weighted by molar-refractivity contribution is 5.85. The molecular formula is C14H20O. The Balaban J connectivity index is 2.77. The Kier molecular flexibility index (Phi) is 3.67. The lowest BCUT2D eigenvalue weighted by Gasteiger charge is -2.16. The SMILES string of the molecule is CCc1cccc(CC(=O)C(C)(C)C)c1. The highest BCUT2D eigenvalue weighted by Crippen LogP contribution is 2.18. The summed E-state index contributed by atoms with van der Waals surface area (Å²) >= 11 is 0. The van der Waals surface area contributed by atoms with Crippen molar-refractivity contribution in [1.82, 2.24) is 0 Å². The van der Waals surface area contributed by atoms with Crippen LogP contribution in [0.1, 0.15) is 38.8 Å². The van der Waals surface area contributed by atoms with Crippen LogP contribution < -0.4 is 0 Å². The molecule has 0 amide bonds. The van der Waals surface area contributed by atoms with Crippen LogP contribution in [0.2, 0.25) is 0 Å². The van der Waals surface area contributed by atoms with Crippen LogP contribution in [0.4, 0.5) is 0 Å². The van der Waals surface area contributed by atoms with Crippen molar-refractivity contribution in [3.05, 3.63) is 35.4 Å². The number of aryl methyl sites for hydroxylation is 1. The number of carbonyl (C=O) groups excluding carboxylic acids is 1. The van der Waals surface area contributed by atoms with Crippen LogP contribution in [0.5, 0.6) is 0 Å². The maximum Gasteiger partial charge on any atom is 0.142 e. The van der Waals surface area contributed by atoms with E-state index in [2.05, 4.69) is 19.1 Å². The molecule has 1 aromatic carbocycles. The van der Waals surface area contributed by atoms with Crippen molar-refractivity contribution in [2.45, 2.75) is 40.5 Å². The summed E-state index contributed by atoms with van der Waals surface area (Å²) in [5.74, 6) is 0.302. The van der Waals surface area contributed by atoms with Gasteiger partial charge in [-0.15, -0.1) is 0 Å². The van der Waals surface area contributed by atoms with Gasteiger partial charge in [-0.2, -0.15) is 0 Å². The number of carbonyl (C=O) groups is 1. The minimum atomic E-state index is -0.234. The Labute approximate surface area is 92.5 Å². The predicted molar refractivity (Wildman–Crippen MR) is 64.0 cm³/mol. The fraction of sp³-hybridized carbons (Fsp3) is 0.500. The standard InChI is InChI=1S/C14H20O/c1-5-11-7-6-8-12(9-11)10-13(15)14(2,3)4/h6-9H,5,10H2,1-4H3. The first-order valence-electron chi connectivity index (χ1n) is 5.54. The highest BCUT2D eigenvalue weighted by Gasteiger charge is 2.20. The third-order valence-corrected chi connectivity index (χ3v) is 2.60. The van der Waals surface area contributed by atoms with Crippen molar-refractivity contribution in [3.63, 3.8) is 0 Å². The minimum absolute atomic E-state index is 0.234. The van der Waals surface area contributed by atoms with E-state index in [1.165, 1.54) is 5.56 Å². The Hall–Kier alpha value is -1.11. The van der Waals surface area contributed by atoms with E-state index in [1.807, 2.05) is 32.9 Å². The summed E-state index contributed by atoms with van der Waals surface area (Å²) in [6.07, 6.45) is 1.58. The molecule has 0 radical (unpaired) electrons. The molecule has 0 heterocycles. The lowest BCUT2D eigenvalue weighted by molar-refractivity contribution is -0.125. The molecule has 0 aromatic heterocycles. The fourth-order valence-electron chi connectivity index (χ4n) is 1.41. The summed E-state index contributed by atoms with van der Waals surface area (Å²) in [6, 6.07) is 8.29. The molecule has 82 valence electrons. The van der Waals surface area contributed by atoms with E-state index in [4.69, 9.17) is 0 Å². The summed E-state index contributed by atoms with van der Waals surface area (Å²) in [5, 5.41) is 0. The van der Waals surface area contributed by atoms with Gasteiger partial charge >= 0.3 is 0 Å². The summed E-state index contributed by atoms with van der Waals surface area (Å²) in [4.78, 5) is 11.8. The molecule has 15 heavy (non-hydrogen) atoms. The van der Waals surface area contributed by atoms with E-state index in [-0.39, 0.29) is 5.41 Å². The number of Topliss-reactive ketones (excluding diaryl/α,β-unsaturated/α-hetero) is 1. The van der Waals surface area contributed by atoms with Crippen LogP contribution in [0.3, 0.4) is 0 Å². The normalized spacial score (nSPS) is 11.5. The summed E-state index contributed by atoms with van der Waals surface area (Å²) in [5.41, 5.74) is 2.20. The van der Waals surface area contributed by atoms with Gasteiger partial charge in [0, 0.05) is 11.8 Å². The number of hydrogen-bond donors (Lipinski definition) is 0. The van der Waals surface area contributed by atoms with Gasteiger partial charge in [-0.05, 0) is 17.5 Å². The molecule has 0 saturated carbocycles. The molecule has 0 spiro atoms. The highest BCUT2D eigenvalue weighted by atomic mass is 16.1. The zero-order valence-electron chi connectivity index (χ0n) is 10.1. The molecule has 1 heteroatoms. The lowest BCUT2D eigenvalue weighted by Crippen LogP contribution is -2.22. The lowest BCUT2D eigenvalue weighted by atomic mass is 9.87. The molecule has 0 aliphatic carbocycles. The van der Waals surface area contributed by atoms with E-state index in [1.54, 1.807) is 0 Å². The Bertz CT molecular complexity index is 345. The van der Waals surface area contributed by atoms with E-state index in [0.29, 0.717) is 12.2 Å². The number of benzene rings is 1. The quantitative estimate of drug-likeness (QED) is 0.737. The van der Waals surface area contributed by atoms with Crippen molar-refractivity contribution in [3.8, 4) is 0 Å². The van der Waals surface area contributed by atoms with E-state index >= 15 is 0 Å².